The Morgan fingerprint density at radius 3 is 2.62 bits per heavy atom. The number of fused-ring (bicyclic) bond motifs is 1. The van der Waals surface area contributed by atoms with Gasteiger partial charge in [0.25, 0.3) is 0 Å². The standard InChI is InChI=1S/C18H18N2O4/c1-23-10-14-15(17(21)24-2)16(20-18(22)19-14)13-9-5-7-11-6-3-4-8-12(11)13/h3-9,16H,10H2,1-2H3,(H2,19,20,22). The summed E-state index contributed by atoms with van der Waals surface area (Å²) in [5.41, 5.74) is 1.58. The third kappa shape index (κ3) is 2.83. The number of nitrogens with one attached hydrogen (secondary N) is 2. The summed E-state index contributed by atoms with van der Waals surface area (Å²) in [6, 6.07) is 12.6. The van der Waals surface area contributed by atoms with Gasteiger partial charge in [-0.2, -0.15) is 0 Å². The first-order valence-electron chi connectivity index (χ1n) is 7.51. The Balaban J connectivity index is 2.20. The summed E-state index contributed by atoms with van der Waals surface area (Å²) >= 11 is 0. The number of urea groups is 1. The molecule has 0 saturated carbocycles. The minimum Gasteiger partial charge on any atom is -0.466 e. The number of methoxy groups -OCH3 is 2. The van der Waals surface area contributed by atoms with Crippen molar-refractivity contribution in [2.75, 3.05) is 20.8 Å². The smallest absolute Gasteiger partial charge is 0.338 e. The quantitative estimate of drug-likeness (QED) is 0.845. The van der Waals surface area contributed by atoms with Crippen molar-refractivity contribution in [1.29, 1.82) is 0 Å². The maximum atomic E-state index is 12.4. The minimum atomic E-state index is -0.609. The molecule has 0 spiro atoms. The summed E-state index contributed by atoms with van der Waals surface area (Å²) in [7, 11) is 2.82. The Labute approximate surface area is 139 Å². The molecular weight excluding hydrogens is 308 g/mol. The molecule has 6 nitrogen and oxygen atoms in total. The topological polar surface area (TPSA) is 76.7 Å². The van der Waals surface area contributed by atoms with E-state index in [0.29, 0.717) is 11.3 Å². The molecule has 0 aromatic heterocycles. The van der Waals surface area contributed by atoms with Crippen molar-refractivity contribution in [3.8, 4) is 0 Å². The molecule has 2 amide bonds. The van der Waals surface area contributed by atoms with Crippen molar-refractivity contribution in [3.05, 3.63) is 59.3 Å². The van der Waals surface area contributed by atoms with Crippen molar-refractivity contribution < 1.29 is 19.1 Å². The average Bonchev–Trinajstić information content (AvgIpc) is 2.60. The second-order valence-corrected chi connectivity index (χ2v) is 5.42. The van der Waals surface area contributed by atoms with E-state index in [4.69, 9.17) is 9.47 Å². The molecule has 0 radical (unpaired) electrons. The van der Waals surface area contributed by atoms with E-state index in [0.717, 1.165) is 16.3 Å². The molecule has 1 aliphatic heterocycles. The molecule has 1 heterocycles. The molecule has 0 aliphatic carbocycles. The zero-order valence-electron chi connectivity index (χ0n) is 13.5. The van der Waals surface area contributed by atoms with Crippen LogP contribution in [0.1, 0.15) is 11.6 Å². The Hall–Kier alpha value is -2.86. The first-order valence-corrected chi connectivity index (χ1v) is 7.51. The zero-order chi connectivity index (χ0) is 17.1. The number of benzene rings is 2. The molecule has 0 bridgehead atoms. The highest BCUT2D eigenvalue weighted by Crippen LogP contribution is 2.32. The normalized spacial score (nSPS) is 17.4. The van der Waals surface area contributed by atoms with Crippen LogP contribution in [0.25, 0.3) is 10.8 Å². The molecule has 0 fully saturated rings. The molecule has 24 heavy (non-hydrogen) atoms. The van der Waals surface area contributed by atoms with Gasteiger partial charge in [0.05, 0.1) is 31.0 Å². The number of amides is 2. The number of hydrogen-bond donors (Lipinski definition) is 2. The molecule has 1 aliphatic rings. The van der Waals surface area contributed by atoms with Gasteiger partial charge in [0.1, 0.15) is 0 Å². The molecule has 6 heteroatoms. The van der Waals surface area contributed by atoms with Crippen LogP contribution in [-0.2, 0) is 14.3 Å². The molecule has 3 rings (SSSR count). The van der Waals surface area contributed by atoms with Gasteiger partial charge in [-0.05, 0) is 16.3 Å². The average molecular weight is 326 g/mol. The molecule has 1 atom stereocenters. The fraction of sp³-hybridized carbons (Fsp3) is 0.222. The van der Waals surface area contributed by atoms with Crippen LogP contribution in [0.5, 0.6) is 0 Å². The summed E-state index contributed by atoms with van der Waals surface area (Å²) in [5, 5.41) is 7.44. The lowest BCUT2D eigenvalue weighted by atomic mass is 9.91. The van der Waals surface area contributed by atoms with Crippen LogP contribution in [0.2, 0.25) is 0 Å². The summed E-state index contributed by atoms with van der Waals surface area (Å²) < 4.78 is 10.0. The molecule has 2 N–H and O–H groups in total. The Bertz CT molecular complexity index is 823. The van der Waals surface area contributed by atoms with Gasteiger partial charge in [0.2, 0.25) is 0 Å². The first kappa shape index (κ1) is 16.0. The Kier molecular flexibility index (Phi) is 4.48. The van der Waals surface area contributed by atoms with Crippen molar-refractivity contribution in [3.63, 3.8) is 0 Å². The second-order valence-electron chi connectivity index (χ2n) is 5.42. The predicted octanol–water partition coefficient (Wildman–Crippen LogP) is 2.27. The summed E-state index contributed by atoms with van der Waals surface area (Å²) in [6.07, 6.45) is 0. The zero-order valence-corrected chi connectivity index (χ0v) is 13.5. The van der Waals surface area contributed by atoms with Crippen LogP contribution >= 0.6 is 0 Å². The van der Waals surface area contributed by atoms with Gasteiger partial charge in [0.15, 0.2) is 0 Å². The summed E-state index contributed by atoms with van der Waals surface area (Å²) in [4.78, 5) is 24.4. The van der Waals surface area contributed by atoms with E-state index >= 15 is 0 Å². The van der Waals surface area contributed by atoms with Gasteiger partial charge in [-0.15, -0.1) is 0 Å². The van der Waals surface area contributed by atoms with Gasteiger partial charge in [-0.3, -0.25) is 0 Å². The summed E-state index contributed by atoms with van der Waals surface area (Å²) in [5.74, 6) is -0.507. The largest absolute Gasteiger partial charge is 0.466 e. The van der Waals surface area contributed by atoms with Crippen LogP contribution in [0.3, 0.4) is 0 Å². The van der Waals surface area contributed by atoms with Crippen LogP contribution in [-0.4, -0.2) is 32.8 Å². The highest BCUT2D eigenvalue weighted by atomic mass is 16.5. The van der Waals surface area contributed by atoms with E-state index in [1.807, 2.05) is 42.5 Å². The van der Waals surface area contributed by atoms with Gasteiger partial charge in [0, 0.05) is 7.11 Å². The van der Waals surface area contributed by atoms with Gasteiger partial charge >= 0.3 is 12.0 Å². The molecule has 124 valence electrons. The van der Waals surface area contributed by atoms with Crippen molar-refractivity contribution in [2.24, 2.45) is 0 Å². The molecule has 2 aromatic carbocycles. The highest BCUT2D eigenvalue weighted by molar-refractivity contribution is 5.97. The number of esters is 1. The lowest BCUT2D eigenvalue weighted by molar-refractivity contribution is -0.136. The van der Waals surface area contributed by atoms with Gasteiger partial charge < -0.3 is 20.1 Å². The number of rotatable bonds is 4. The maximum absolute atomic E-state index is 12.4. The Morgan fingerprint density at radius 1 is 1.12 bits per heavy atom. The number of carbonyl (C=O) groups excluding carboxylic acids is 2. The molecule has 0 saturated heterocycles. The third-order valence-electron chi connectivity index (χ3n) is 3.98. The fourth-order valence-electron chi connectivity index (χ4n) is 2.96. The van der Waals surface area contributed by atoms with Gasteiger partial charge in [-0.1, -0.05) is 42.5 Å². The van der Waals surface area contributed by atoms with E-state index in [1.165, 1.54) is 14.2 Å². The lowest BCUT2D eigenvalue weighted by Crippen LogP contribution is -2.46. The number of carbonyl (C=O) groups is 2. The van der Waals surface area contributed by atoms with E-state index in [2.05, 4.69) is 10.6 Å². The van der Waals surface area contributed by atoms with Crippen LogP contribution in [0.4, 0.5) is 4.79 Å². The monoisotopic (exact) mass is 326 g/mol. The van der Waals surface area contributed by atoms with E-state index in [-0.39, 0.29) is 12.6 Å². The van der Waals surface area contributed by atoms with E-state index in [9.17, 15) is 9.59 Å². The molecular formula is C18H18N2O4. The van der Waals surface area contributed by atoms with Crippen molar-refractivity contribution in [1.82, 2.24) is 10.6 Å². The predicted molar refractivity (Wildman–Crippen MR) is 89.3 cm³/mol. The highest BCUT2D eigenvalue weighted by Gasteiger charge is 2.34. The fourth-order valence-corrected chi connectivity index (χ4v) is 2.96. The van der Waals surface area contributed by atoms with Crippen LogP contribution < -0.4 is 10.6 Å². The van der Waals surface area contributed by atoms with E-state index in [1.54, 1.807) is 0 Å². The van der Waals surface area contributed by atoms with Crippen molar-refractivity contribution in [2.45, 2.75) is 6.04 Å². The molecule has 1 unspecified atom stereocenters. The third-order valence-corrected chi connectivity index (χ3v) is 3.98. The number of ether oxygens (including phenoxy) is 2. The molecule has 2 aromatic rings. The maximum Gasteiger partial charge on any atom is 0.338 e. The first-order chi connectivity index (χ1) is 11.7. The Morgan fingerprint density at radius 2 is 1.88 bits per heavy atom. The van der Waals surface area contributed by atoms with Gasteiger partial charge in [-0.25, -0.2) is 9.59 Å². The van der Waals surface area contributed by atoms with Crippen LogP contribution in [0, 0.1) is 0 Å². The summed E-state index contributed by atoms with van der Waals surface area (Å²) in [6.45, 7) is 0.110. The minimum absolute atomic E-state index is 0.110. The second kappa shape index (κ2) is 6.72. The van der Waals surface area contributed by atoms with Crippen LogP contribution in [0.15, 0.2) is 53.7 Å². The van der Waals surface area contributed by atoms with E-state index < -0.39 is 12.0 Å². The lowest BCUT2D eigenvalue weighted by Gasteiger charge is -2.29. The number of hydrogen-bond acceptors (Lipinski definition) is 4. The van der Waals surface area contributed by atoms with Crippen molar-refractivity contribution >= 4 is 22.8 Å². The SMILES string of the molecule is COCC1=C(C(=O)OC)C(c2cccc3ccccc23)NC(=O)N1.